The first kappa shape index (κ1) is 21.7. The zero-order chi connectivity index (χ0) is 17.9. The SMILES string of the molecule is CCC(Cl)CC(CC(Cl)CC)N1CCN([N+](=O)NOCOC)CC1. The summed E-state index contributed by atoms with van der Waals surface area (Å²) < 4.78 is 4.72. The van der Waals surface area contributed by atoms with Crippen molar-refractivity contribution in [1.29, 1.82) is 0 Å². The maximum atomic E-state index is 11.9. The lowest BCUT2D eigenvalue weighted by molar-refractivity contribution is -0.791. The molecule has 1 heterocycles. The Balaban J connectivity index is 2.49. The second kappa shape index (κ2) is 12.1. The average molecular weight is 386 g/mol. The van der Waals surface area contributed by atoms with Gasteiger partial charge in [0.25, 0.3) is 4.98 Å². The van der Waals surface area contributed by atoms with Crippen LogP contribution in [-0.2, 0) is 9.57 Å². The fourth-order valence-corrected chi connectivity index (χ4v) is 3.19. The lowest BCUT2D eigenvalue weighted by Gasteiger charge is -2.37. The molecule has 1 N–H and O–H groups in total. The molecule has 1 fully saturated rings. The van der Waals surface area contributed by atoms with E-state index in [1.54, 1.807) is 5.01 Å². The van der Waals surface area contributed by atoms with Crippen molar-refractivity contribution >= 4 is 23.2 Å². The van der Waals surface area contributed by atoms with Crippen LogP contribution in [0.1, 0.15) is 39.5 Å². The smallest absolute Gasteiger partial charge is 0.274 e. The fourth-order valence-electron chi connectivity index (χ4n) is 2.77. The minimum Gasteiger partial charge on any atom is -0.356 e. The van der Waals surface area contributed by atoms with E-state index in [-0.39, 0.29) is 17.5 Å². The van der Waals surface area contributed by atoms with Crippen LogP contribution in [0, 0.1) is 4.91 Å². The van der Waals surface area contributed by atoms with E-state index in [0.717, 1.165) is 38.8 Å². The summed E-state index contributed by atoms with van der Waals surface area (Å²) in [6.45, 7) is 7.08. The first-order valence-corrected chi connectivity index (χ1v) is 9.49. The molecular formula is C15H31Cl2N4O3+. The van der Waals surface area contributed by atoms with Crippen molar-refractivity contribution in [2.75, 3.05) is 40.1 Å². The minimum absolute atomic E-state index is 0.0169. The first-order valence-electron chi connectivity index (χ1n) is 8.62. The summed E-state index contributed by atoms with van der Waals surface area (Å²) in [5.74, 6) is 0. The van der Waals surface area contributed by atoms with Gasteiger partial charge in [-0.15, -0.1) is 28.2 Å². The van der Waals surface area contributed by atoms with Crippen LogP contribution in [0.15, 0.2) is 0 Å². The monoisotopic (exact) mass is 385 g/mol. The van der Waals surface area contributed by atoms with Crippen LogP contribution in [0.3, 0.4) is 0 Å². The zero-order valence-electron chi connectivity index (χ0n) is 14.9. The highest BCUT2D eigenvalue weighted by atomic mass is 35.5. The fraction of sp³-hybridized carbons (Fsp3) is 1.00. The number of nitrogens with zero attached hydrogens (tertiary/aromatic N) is 3. The number of hydrogen-bond acceptors (Lipinski definition) is 4. The number of alkyl halides is 2. The number of rotatable bonds is 12. The molecule has 1 aliphatic rings. The Bertz CT molecular complexity index is 346. The van der Waals surface area contributed by atoms with Crippen molar-refractivity contribution in [3.63, 3.8) is 0 Å². The van der Waals surface area contributed by atoms with Crippen molar-refractivity contribution in [3.05, 3.63) is 4.91 Å². The van der Waals surface area contributed by atoms with Gasteiger partial charge in [-0.1, -0.05) is 13.8 Å². The minimum atomic E-state index is 0.0169. The standard InChI is InChI=1S/C15H31Cl2N4O3/c1-4-13(16)10-15(11-14(17)5-2)19-6-8-20(9-7-19)21(22)18-24-12-23-3/h13-15H,4-12H2,1-3H3,(H,18,22)/q+1. The van der Waals surface area contributed by atoms with E-state index in [1.807, 2.05) is 0 Å². The molecule has 2 atom stereocenters. The number of hydrogen-bond donors (Lipinski definition) is 1. The largest absolute Gasteiger partial charge is 0.356 e. The number of piperazine rings is 1. The Labute approximate surface area is 155 Å². The molecule has 0 aliphatic carbocycles. The van der Waals surface area contributed by atoms with Gasteiger partial charge in [0.15, 0.2) is 6.79 Å². The summed E-state index contributed by atoms with van der Waals surface area (Å²) in [6.07, 6.45) is 3.76. The molecule has 2 unspecified atom stereocenters. The Hall–Kier alpha value is -0.340. The van der Waals surface area contributed by atoms with E-state index in [4.69, 9.17) is 32.8 Å². The maximum Gasteiger partial charge on any atom is 0.274 e. The number of nitroso groups, excluding NO2 is 1. The van der Waals surface area contributed by atoms with Gasteiger partial charge in [0.2, 0.25) is 0 Å². The first-order chi connectivity index (χ1) is 11.5. The number of nitrogens with one attached hydrogen (secondary N) is 1. The quantitative estimate of drug-likeness (QED) is 0.183. The number of ether oxygens (including phenoxy) is 1. The van der Waals surface area contributed by atoms with Gasteiger partial charge in [0.05, 0.1) is 18.0 Å². The van der Waals surface area contributed by atoms with Crippen LogP contribution in [0.4, 0.5) is 0 Å². The van der Waals surface area contributed by atoms with Crippen LogP contribution in [0.2, 0.25) is 0 Å². The van der Waals surface area contributed by atoms with Crippen LogP contribution in [0.25, 0.3) is 0 Å². The van der Waals surface area contributed by atoms with Crippen LogP contribution < -0.4 is 5.59 Å². The molecule has 7 nitrogen and oxygen atoms in total. The van der Waals surface area contributed by atoms with Gasteiger partial charge in [-0.2, -0.15) is 4.84 Å². The van der Waals surface area contributed by atoms with E-state index in [2.05, 4.69) is 24.3 Å². The molecule has 0 amide bonds. The topological polar surface area (TPSA) is 57.1 Å². The van der Waals surface area contributed by atoms with Gasteiger partial charge in [0.1, 0.15) is 0 Å². The third-order valence-electron chi connectivity index (χ3n) is 4.32. The zero-order valence-corrected chi connectivity index (χ0v) is 16.4. The van der Waals surface area contributed by atoms with Gasteiger partial charge in [-0.25, -0.2) is 0 Å². The molecule has 0 aromatic rings. The molecule has 1 aliphatic heterocycles. The van der Waals surface area contributed by atoms with Gasteiger partial charge in [-0.3, -0.25) is 4.90 Å². The van der Waals surface area contributed by atoms with Crippen molar-refractivity contribution in [1.82, 2.24) is 15.5 Å². The molecule has 142 valence electrons. The Morgan fingerprint density at radius 2 is 1.62 bits per heavy atom. The highest BCUT2D eigenvalue weighted by Crippen LogP contribution is 2.23. The van der Waals surface area contributed by atoms with Gasteiger partial charge in [0, 0.05) is 42.6 Å². The summed E-state index contributed by atoms with van der Waals surface area (Å²) in [7, 11) is 1.50. The van der Waals surface area contributed by atoms with Gasteiger partial charge < -0.3 is 4.74 Å². The van der Waals surface area contributed by atoms with E-state index in [0.29, 0.717) is 24.1 Å². The van der Waals surface area contributed by atoms with Crippen LogP contribution in [-0.4, -0.2) is 71.8 Å². The predicted molar refractivity (Wildman–Crippen MR) is 95.8 cm³/mol. The van der Waals surface area contributed by atoms with Gasteiger partial charge >= 0.3 is 0 Å². The third-order valence-corrected chi connectivity index (χ3v) is 5.30. The Morgan fingerprint density at radius 3 is 2.08 bits per heavy atom. The highest BCUT2D eigenvalue weighted by molar-refractivity contribution is 6.21. The molecule has 0 saturated carbocycles. The Kier molecular flexibility index (Phi) is 10.9. The number of halogens is 2. The normalized spacial score (nSPS) is 19.8. The summed E-state index contributed by atoms with van der Waals surface area (Å²) >= 11 is 12.8. The van der Waals surface area contributed by atoms with E-state index >= 15 is 0 Å². The molecule has 0 bridgehead atoms. The summed E-state index contributed by atoms with van der Waals surface area (Å²) in [5.41, 5.74) is 2.30. The summed E-state index contributed by atoms with van der Waals surface area (Å²) in [4.78, 5) is 19.8. The second-order valence-electron chi connectivity index (χ2n) is 6.04. The van der Waals surface area contributed by atoms with Crippen molar-refractivity contribution in [3.8, 4) is 0 Å². The van der Waals surface area contributed by atoms with Gasteiger partial charge in [-0.05, 0) is 25.7 Å². The lowest BCUT2D eigenvalue weighted by Crippen LogP contribution is -2.55. The molecular weight excluding hydrogens is 355 g/mol. The Morgan fingerprint density at radius 1 is 1.08 bits per heavy atom. The van der Waals surface area contributed by atoms with Crippen LogP contribution >= 0.6 is 23.2 Å². The maximum absolute atomic E-state index is 11.9. The molecule has 0 radical (unpaired) electrons. The highest BCUT2D eigenvalue weighted by Gasteiger charge is 2.32. The third kappa shape index (κ3) is 7.70. The van der Waals surface area contributed by atoms with E-state index < -0.39 is 0 Å². The number of hydrazine groups is 2. The second-order valence-corrected chi connectivity index (χ2v) is 7.28. The average Bonchev–Trinajstić information content (AvgIpc) is 2.61. The lowest BCUT2D eigenvalue weighted by atomic mass is 10.0. The van der Waals surface area contributed by atoms with Crippen molar-refractivity contribution in [2.24, 2.45) is 0 Å². The van der Waals surface area contributed by atoms with E-state index in [9.17, 15) is 4.91 Å². The molecule has 0 spiro atoms. The molecule has 9 heteroatoms. The molecule has 0 aromatic heterocycles. The molecule has 24 heavy (non-hydrogen) atoms. The molecule has 1 rings (SSSR count). The molecule has 0 aromatic carbocycles. The van der Waals surface area contributed by atoms with Crippen LogP contribution in [0.5, 0.6) is 0 Å². The van der Waals surface area contributed by atoms with Crippen molar-refractivity contribution < 1.29 is 14.6 Å². The van der Waals surface area contributed by atoms with E-state index in [1.165, 1.54) is 7.11 Å². The van der Waals surface area contributed by atoms with Crippen molar-refractivity contribution in [2.45, 2.75) is 56.3 Å². The summed E-state index contributed by atoms with van der Waals surface area (Å²) in [6, 6.07) is 0.356. The predicted octanol–water partition coefficient (Wildman–Crippen LogP) is 2.52. The molecule has 1 saturated heterocycles. The summed E-state index contributed by atoms with van der Waals surface area (Å²) in [5, 5.41) is 1.99. The number of methoxy groups -OCH3 is 1.